The van der Waals surface area contributed by atoms with Crippen molar-refractivity contribution in [1.82, 2.24) is 15.0 Å². The molecule has 0 saturated carbocycles. The second kappa shape index (κ2) is 13.1. The summed E-state index contributed by atoms with van der Waals surface area (Å²) in [6, 6.07) is 66.3. The summed E-state index contributed by atoms with van der Waals surface area (Å²) in [7, 11) is 0. The van der Waals surface area contributed by atoms with Crippen molar-refractivity contribution in [3.05, 3.63) is 188 Å². The second-order valence-electron chi connectivity index (χ2n) is 13.2. The fraction of sp³-hybridized carbons (Fsp3) is 0. The van der Waals surface area contributed by atoms with Crippen molar-refractivity contribution in [2.24, 2.45) is 0 Å². The first-order chi connectivity index (χ1) is 26.3. The van der Waals surface area contributed by atoms with Gasteiger partial charge in [-0.3, -0.25) is 0 Å². The van der Waals surface area contributed by atoms with Crippen LogP contribution in [0.15, 0.2) is 188 Å². The van der Waals surface area contributed by atoms with Gasteiger partial charge in [0.25, 0.3) is 0 Å². The van der Waals surface area contributed by atoms with Crippen molar-refractivity contribution in [3.8, 4) is 67.5 Å². The van der Waals surface area contributed by atoms with Crippen molar-refractivity contribution in [2.45, 2.75) is 0 Å². The maximum Gasteiger partial charge on any atom is 0.165 e. The third-order valence-corrected chi connectivity index (χ3v) is 11.2. The molecule has 3 nitrogen and oxygen atoms in total. The minimum atomic E-state index is 0.638. The lowest BCUT2D eigenvalue weighted by Gasteiger charge is -2.14. The monoisotopic (exact) mass is 693 g/mol. The Morgan fingerprint density at radius 2 is 0.849 bits per heavy atom. The summed E-state index contributed by atoms with van der Waals surface area (Å²) in [6.45, 7) is 0. The van der Waals surface area contributed by atoms with Crippen LogP contribution in [0, 0.1) is 0 Å². The number of aromatic nitrogens is 3. The summed E-state index contributed by atoms with van der Waals surface area (Å²) >= 11 is 1.79. The van der Waals surface area contributed by atoms with Crippen molar-refractivity contribution in [1.29, 1.82) is 0 Å². The average Bonchev–Trinajstić information content (AvgIpc) is 3.63. The molecule has 0 aliphatic heterocycles. The van der Waals surface area contributed by atoms with E-state index in [9.17, 15) is 0 Å². The van der Waals surface area contributed by atoms with Crippen LogP contribution in [0.5, 0.6) is 0 Å². The lowest BCUT2D eigenvalue weighted by Crippen LogP contribution is -2.01. The Bertz CT molecular complexity index is 2930. The number of hydrogen-bond acceptors (Lipinski definition) is 4. The van der Waals surface area contributed by atoms with E-state index in [2.05, 4.69) is 188 Å². The van der Waals surface area contributed by atoms with E-state index in [4.69, 9.17) is 15.0 Å². The minimum Gasteiger partial charge on any atom is -0.208 e. The maximum absolute atomic E-state index is 5.29. The number of hydrogen-bond donors (Lipinski definition) is 0. The van der Waals surface area contributed by atoms with Gasteiger partial charge >= 0.3 is 0 Å². The summed E-state index contributed by atoms with van der Waals surface area (Å²) in [6.07, 6.45) is 0. The molecule has 10 rings (SSSR count). The Kier molecular flexibility index (Phi) is 7.67. The molecule has 0 fully saturated rings. The molecule has 0 N–H and O–H groups in total. The molecule has 0 aliphatic carbocycles. The Balaban J connectivity index is 1.18. The maximum atomic E-state index is 5.29. The standard InChI is InChI=1S/C49H31N3S/c1-3-13-32(14-4-1)37-29-30-42(44(31-37)34-15-5-2-6-16-34)48-50-47(36-27-25-35(26-28-36)39-21-11-18-33-17-7-8-19-38(33)39)51-49(52-48)43-23-12-22-41-40-20-9-10-24-45(40)53-46(41)43/h1-31H. The van der Waals surface area contributed by atoms with E-state index in [0.717, 1.165) is 44.5 Å². The van der Waals surface area contributed by atoms with Crippen molar-refractivity contribution in [3.63, 3.8) is 0 Å². The lowest BCUT2D eigenvalue weighted by atomic mass is 9.94. The van der Waals surface area contributed by atoms with Gasteiger partial charge in [-0.25, -0.2) is 15.0 Å². The summed E-state index contributed by atoms with van der Waals surface area (Å²) < 4.78 is 2.42. The van der Waals surface area contributed by atoms with Gasteiger partial charge in [0, 0.05) is 36.9 Å². The molecule has 0 radical (unpaired) electrons. The molecule has 248 valence electrons. The van der Waals surface area contributed by atoms with Crippen LogP contribution >= 0.6 is 11.3 Å². The molecule has 2 aromatic heterocycles. The molecule has 0 unspecified atom stereocenters. The molecule has 10 aromatic rings. The highest BCUT2D eigenvalue weighted by Crippen LogP contribution is 2.41. The molecular formula is C49H31N3S. The zero-order valence-corrected chi connectivity index (χ0v) is 29.5. The number of rotatable bonds is 6. The van der Waals surface area contributed by atoms with E-state index in [1.807, 2.05) is 0 Å². The van der Waals surface area contributed by atoms with Crippen LogP contribution < -0.4 is 0 Å². The third kappa shape index (κ3) is 5.66. The molecule has 0 aliphatic rings. The van der Waals surface area contributed by atoms with Gasteiger partial charge < -0.3 is 0 Å². The molecule has 0 saturated heterocycles. The van der Waals surface area contributed by atoms with Crippen molar-refractivity contribution in [2.75, 3.05) is 0 Å². The zero-order valence-electron chi connectivity index (χ0n) is 28.6. The Labute approximate surface area is 311 Å². The predicted octanol–water partition coefficient (Wildman–Crippen LogP) is 13.4. The van der Waals surface area contributed by atoms with Crippen LogP contribution in [0.3, 0.4) is 0 Å². The van der Waals surface area contributed by atoms with Gasteiger partial charge in [-0.2, -0.15) is 0 Å². The average molecular weight is 694 g/mol. The molecule has 0 spiro atoms. The first kappa shape index (κ1) is 31.0. The van der Waals surface area contributed by atoms with Crippen LogP contribution in [0.25, 0.3) is 98.5 Å². The topological polar surface area (TPSA) is 38.7 Å². The van der Waals surface area contributed by atoms with Gasteiger partial charge in [-0.1, -0.05) is 164 Å². The number of nitrogens with zero attached hydrogens (tertiary/aromatic N) is 3. The normalized spacial score (nSPS) is 11.4. The molecule has 2 heterocycles. The first-order valence-corrected chi connectivity index (χ1v) is 18.6. The molecular weight excluding hydrogens is 663 g/mol. The van der Waals surface area contributed by atoms with Gasteiger partial charge in [-0.05, 0) is 68.4 Å². The molecule has 8 aromatic carbocycles. The Hall–Kier alpha value is -6.75. The van der Waals surface area contributed by atoms with E-state index < -0.39 is 0 Å². The van der Waals surface area contributed by atoms with E-state index in [0.29, 0.717) is 17.5 Å². The second-order valence-corrected chi connectivity index (χ2v) is 14.2. The summed E-state index contributed by atoms with van der Waals surface area (Å²) in [5, 5.41) is 4.92. The Morgan fingerprint density at radius 3 is 1.66 bits per heavy atom. The van der Waals surface area contributed by atoms with E-state index >= 15 is 0 Å². The Morgan fingerprint density at radius 1 is 0.302 bits per heavy atom. The third-order valence-electron chi connectivity index (χ3n) is 9.98. The van der Waals surface area contributed by atoms with Gasteiger partial charge in [-0.15, -0.1) is 11.3 Å². The van der Waals surface area contributed by atoms with Crippen molar-refractivity contribution >= 4 is 42.3 Å². The summed E-state index contributed by atoms with van der Waals surface area (Å²) in [4.78, 5) is 15.8. The van der Waals surface area contributed by atoms with Crippen LogP contribution in [0.4, 0.5) is 0 Å². The van der Waals surface area contributed by atoms with Crippen LogP contribution in [0.1, 0.15) is 0 Å². The van der Waals surface area contributed by atoms with Gasteiger partial charge in [0.15, 0.2) is 17.5 Å². The summed E-state index contributed by atoms with van der Waals surface area (Å²) in [5.41, 5.74) is 9.73. The molecule has 4 heteroatoms. The largest absolute Gasteiger partial charge is 0.208 e. The van der Waals surface area contributed by atoms with Crippen LogP contribution in [-0.2, 0) is 0 Å². The molecule has 0 atom stereocenters. The number of thiophene rings is 1. The van der Waals surface area contributed by atoms with Crippen LogP contribution in [-0.4, -0.2) is 15.0 Å². The lowest BCUT2D eigenvalue weighted by molar-refractivity contribution is 1.08. The SMILES string of the molecule is c1ccc(-c2ccc(-c3nc(-c4ccc(-c5cccc6ccccc56)cc4)nc(-c4cccc5c4sc4ccccc45)n3)c(-c3ccccc3)c2)cc1. The first-order valence-electron chi connectivity index (χ1n) is 17.8. The zero-order chi connectivity index (χ0) is 35.1. The van der Waals surface area contributed by atoms with Crippen molar-refractivity contribution < 1.29 is 0 Å². The van der Waals surface area contributed by atoms with Gasteiger partial charge in [0.2, 0.25) is 0 Å². The smallest absolute Gasteiger partial charge is 0.165 e. The highest BCUT2D eigenvalue weighted by Gasteiger charge is 2.19. The number of fused-ring (bicyclic) bond motifs is 4. The summed E-state index contributed by atoms with van der Waals surface area (Å²) in [5.74, 6) is 1.94. The highest BCUT2D eigenvalue weighted by molar-refractivity contribution is 7.26. The van der Waals surface area contributed by atoms with E-state index in [-0.39, 0.29) is 0 Å². The predicted molar refractivity (Wildman–Crippen MR) is 223 cm³/mol. The highest BCUT2D eigenvalue weighted by atomic mass is 32.1. The van der Waals surface area contributed by atoms with E-state index in [1.54, 1.807) is 11.3 Å². The fourth-order valence-electron chi connectivity index (χ4n) is 7.35. The number of benzene rings is 8. The molecule has 0 bridgehead atoms. The van der Waals surface area contributed by atoms with Gasteiger partial charge in [0.05, 0.1) is 0 Å². The van der Waals surface area contributed by atoms with Gasteiger partial charge in [0.1, 0.15) is 0 Å². The van der Waals surface area contributed by atoms with E-state index in [1.165, 1.54) is 36.5 Å². The minimum absolute atomic E-state index is 0.638. The molecule has 53 heavy (non-hydrogen) atoms. The van der Waals surface area contributed by atoms with Crippen LogP contribution in [0.2, 0.25) is 0 Å². The molecule has 0 amide bonds. The quantitative estimate of drug-likeness (QED) is 0.174. The fourth-order valence-corrected chi connectivity index (χ4v) is 8.56.